The van der Waals surface area contributed by atoms with Crippen LogP contribution in [-0.2, 0) is 10.8 Å². The molecular formula is C18H30. The minimum atomic E-state index is 0.250. The van der Waals surface area contributed by atoms with Gasteiger partial charge in [0.2, 0.25) is 0 Å². The Morgan fingerprint density at radius 2 is 0.833 bits per heavy atom. The second kappa shape index (κ2) is 5.07. The molecule has 0 unspecified atom stereocenters. The van der Waals surface area contributed by atoms with Crippen LogP contribution in [0.3, 0.4) is 0 Å². The Bertz CT molecular complexity index is 338. The maximum Gasteiger partial charge on any atom is -0.00806 e. The van der Waals surface area contributed by atoms with Crippen LogP contribution in [-0.4, -0.2) is 0 Å². The lowest BCUT2D eigenvalue weighted by atomic mass is 9.72. The predicted octanol–water partition coefficient (Wildman–Crippen LogP) is 5.55. The van der Waals surface area contributed by atoms with Gasteiger partial charge in [0.25, 0.3) is 0 Å². The van der Waals surface area contributed by atoms with Crippen LogP contribution in [0.1, 0.15) is 66.5 Å². The fourth-order valence-electron chi connectivity index (χ4n) is 2.00. The third-order valence-corrected chi connectivity index (χ3v) is 5.26. The highest BCUT2D eigenvalue weighted by molar-refractivity contribution is 5.32. The van der Waals surface area contributed by atoms with E-state index < -0.39 is 0 Å². The molecule has 0 heterocycles. The van der Waals surface area contributed by atoms with E-state index in [-0.39, 0.29) is 10.8 Å². The highest BCUT2D eigenvalue weighted by Gasteiger charge is 2.27. The third-order valence-electron chi connectivity index (χ3n) is 5.26. The fraction of sp³-hybridized carbons (Fsp3) is 0.667. The molecule has 18 heavy (non-hydrogen) atoms. The summed E-state index contributed by atoms with van der Waals surface area (Å²) in [5, 5.41) is 0. The molecule has 0 fully saturated rings. The van der Waals surface area contributed by atoms with Crippen molar-refractivity contribution in [2.45, 2.75) is 66.2 Å². The second-order valence-corrected chi connectivity index (χ2v) is 7.33. The summed E-state index contributed by atoms with van der Waals surface area (Å²) >= 11 is 0. The first kappa shape index (κ1) is 15.3. The average molecular weight is 246 g/mol. The van der Waals surface area contributed by atoms with E-state index in [1.54, 1.807) is 0 Å². The summed E-state index contributed by atoms with van der Waals surface area (Å²) in [6, 6.07) is 9.28. The van der Waals surface area contributed by atoms with Gasteiger partial charge in [0, 0.05) is 0 Å². The number of rotatable bonds is 4. The molecule has 1 aromatic carbocycles. The SMILES string of the molecule is CC(C)C(C)(C)c1ccc(C(C)(C)C(C)C)cc1. The van der Waals surface area contributed by atoms with Crippen LogP contribution in [0.25, 0.3) is 0 Å². The van der Waals surface area contributed by atoms with Gasteiger partial charge in [-0.3, -0.25) is 0 Å². The van der Waals surface area contributed by atoms with Gasteiger partial charge in [-0.05, 0) is 33.8 Å². The Morgan fingerprint density at radius 3 is 1.00 bits per heavy atom. The largest absolute Gasteiger partial charge is 0.0619 e. The highest BCUT2D eigenvalue weighted by Crippen LogP contribution is 2.35. The molecule has 0 aliphatic carbocycles. The monoisotopic (exact) mass is 246 g/mol. The van der Waals surface area contributed by atoms with Gasteiger partial charge in [0.05, 0.1) is 0 Å². The van der Waals surface area contributed by atoms with Crippen LogP contribution in [0.2, 0.25) is 0 Å². The molecule has 0 nitrogen and oxygen atoms in total. The molecule has 0 heteroatoms. The van der Waals surface area contributed by atoms with Crippen molar-refractivity contribution >= 4 is 0 Å². The Hall–Kier alpha value is -0.780. The molecule has 0 saturated heterocycles. The quantitative estimate of drug-likeness (QED) is 0.653. The molecular weight excluding hydrogens is 216 g/mol. The van der Waals surface area contributed by atoms with E-state index in [1.165, 1.54) is 11.1 Å². The Morgan fingerprint density at radius 1 is 0.611 bits per heavy atom. The van der Waals surface area contributed by atoms with Crippen LogP contribution in [0, 0.1) is 11.8 Å². The molecule has 0 N–H and O–H groups in total. The predicted molar refractivity (Wildman–Crippen MR) is 82.2 cm³/mol. The van der Waals surface area contributed by atoms with Crippen molar-refractivity contribution in [1.29, 1.82) is 0 Å². The van der Waals surface area contributed by atoms with Crippen LogP contribution < -0.4 is 0 Å². The van der Waals surface area contributed by atoms with Crippen LogP contribution >= 0.6 is 0 Å². The zero-order valence-corrected chi connectivity index (χ0v) is 13.5. The van der Waals surface area contributed by atoms with Crippen LogP contribution in [0.5, 0.6) is 0 Å². The lowest BCUT2D eigenvalue weighted by molar-refractivity contribution is 0.365. The van der Waals surface area contributed by atoms with Crippen molar-refractivity contribution in [3.8, 4) is 0 Å². The van der Waals surface area contributed by atoms with Gasteiger partial charge in [0.15, 0.2) is 0 Å². The van der Waals surface area contributed by atoms with Gasteiger partial charge < -0.3 is 0 Å². The van der Waals surface area contributed by atoms with Gasteiger partial charge in [-0.1, -0.05) is 79.7 Å². The third kappa shape index (κ3) is 2.79. The molecule has 102 valence electrons. The first-order valence-electron chi connectivity index (χ1n) is 7.21. The summed E-state index contributed by atoms with van der Waals surface area (Å²) < 4.78 is 0. The lowest BCUT2D eigenvalue weighted by Crippen LogP contribution is -2.26. The van der Waals surface area contributed by atoms with Crippen molar-refractivity contribution in [3.05, 3.63) is 35.4 Å². The summed E-state index contributed by atoms with van der Waals surface area (Å²) in [6.07, 6.45) is 0. The van der Waals surface area contributed by atoms with Crippen molar-refractivity contribution < 1.29 is 0 Å². The minimum Gasteiger partial charge on any atom is -0.0619 e. The molecule has 0 aliphatic rings. The van der Waals surface area contributed by atoms with Crippen LogP contribution in [0.4, 0.5) is 0 Å². The number of hydrogen-bond acceptors (Lipinski definition) is 0. The van der Waals surface area contributed by atoms with Gasteiger partial charge >= 0.3 is 0 Å². The standard InChI is InChI=1S/C18H30/c1-13(2)17(5,6)15-9-11-16(12-10-15)18(7,8)14(3)4/h9-14H,1-8H3. The van der Waals surface area contributed by atoms with Gasteiger partial charge in [-0.15, -0.1) is 0 Å². The molecule has 0 aliphatic heterocycles. The van der Waals surface area contributed by atoms with Crippen molar-refractivity contribution in [1.82, 2.24) is 0 Å². The molecule has 0 spiro atoms. The minimum absolute atomic E-state index is 0.250. The number of benzene rings is 1. The molecule has 0 amide bonds. The van der Waals surface area contributed by atoms with E-state index in [0.29, 0.717) is 11.8 Å². The van der Waals surface area contributed by atoms with Gasteiger partial charge in [-0.2, -0.15) is 0 Å². The van der Waals surface area contributed by atoms with Crippen LogP contribution in [0.15, 0.2) is 24.3 Å². The van der Waals surface area contributed by atoms with Gasteiger partial charge in [0.1, 0.15) is 0 Å². The maximum atomic E-state index is 2.33. The normalized spacial score (nSPS) is 13.4. The summed E-state index contributed by atoms with van der Waals surface area (Å²) in [7, 11) is 0. The lowest BCUT2D eigenvalue weighted by Gasteiger charge is -2.33. The van der Waals surface area contributed by atoms with E-state index in [1.807, 2.05) is 0 Å². The van der Waals surface area contributed by atoms with E-state index in [4.69, 9.17) is 0 Å². The molecule has 1 aromatic rings. The Labute approximate surface area is 114 Å². The second-order valence-electron chi connectivity index (χ2n) is 7.33. The first-order chi connectivity index (χ1) is 8.10. The Balaban J connectivity index is 3.08. The first-order valence-corrected chi connectivity index (χ1v) is 7.21. The van der Waals surface area contributed by atoms with E-state index in [9.17, 15) is 0 Å². The van der Waals surface area contributed by atoms with E-state index in [0.717, 1.165) is 0 Å². The number of hydrogen-bond donors (Lipinski definition) is 0. The van der Waals surface area contributed by atoms with E-state index in [2.05, 4.69) is 79.7 Å². The highest BCUT2D eigenvalue weighted by atomic mass is 14.3. The molecule has 0 bridgehead atoms. The molecule has 0 aromatic heterocycles. The summed E-state index contributed by atoms with van der Waals surface area (Å²) in [4.78, 5) is 0. The molecule has 0 radical (unpaired) electrons. The molecule has 0 atom stereocenters. The zero-order valence-electron chi connectivity index (χ0n) is 13.5. The average Bonchev–Trinajstić information content (AvgIpc) is 2.28. The van der Waals surface area contributed by atoms with E-state index >= 15 is 0 Å². The maximum absolute atomic E-state index is 2.33. The van der Waals surface area contributed by atoms with Crippen molar-refractivity contribution in [2.24, 2.45) is 11.8 Å². The van der Waals surface area contributed by atoms with Crippen molar-refractivity contribution in [2.75, 3.05) is 0 Å². The molecule has 0 saturated carbocycles. The Kier molecular flexibility index (Phi) is 4.30. The summed E-state index contributed by atoms with van der Waals surface area (Å²) in [5.74, 6) is 1.31. The van der Waals surface area contributed by atoms with Crippen molar-refractivity contribution in [3.63, 3.8) is 0 Å². The fourth-order valence-corrected chi connectivity index (χ4v) is 2.00. The zero-order chi connectivity index (χ0) is 14.1. The summed E-state index contributed by atoms with van der Waals surface area (Å²) in [5.41, 5.74) is 3.39. The molecule has 1 rings (SSSR count). The topological polar surface area (TPSA) is 0 Å². The van der Waals surface area contributed by atoms with Gasteiger partial charge in [-0.25, -0.2) is 0 Å². The summed E-state index contributed by atoms with van der Waals surface area (Å²) in [6.45, 7) is 18.5. The smallest absolute Gasteiger partial charge is 0.00806 e.